The molecule has 3 amide bonds. The summed E-state index contributed by atoms with van der Waals surface area (Å²) in [4.78, 5) is 61.7. The van der Waals surface area contributed by atoms with Crippen LogP contribution in [0.2, 0.25) is 0 Å². The predicted octanol–water partition coefficient (Wildman–Crippen LogP) is 2.91. The van der Waals surface area contributed by atoms with Crippen molar-refractivity contribution in [2.75, 3.05) is 0 Å². The van der Waals surface area contributed by atoms with E-state index in [2.05, 4.69) is 16.0 Å². The minimum absolute atomic E-state index is 0.0694. The molecule has 0 heterocycles. The highest BCUT2D eigenvalue weighted by atomic mass is 16.4. The van der Waals surface area contributed by atoms with Crippen LogP contribution in [0.15, 0.2) is 121 Å². The van der Waals surface area contributed by atoms with E-state index in [1.807, 2.05) is 97.1 Å². The van der Waals surface area contributed by atoms with E-state index in [4.69, 9.17) is 15.6 Å². The monoisotopic (exact) mass is 666 g/mol. The molecule has 0 saturated carbocycles. The summed E-state index contributed by atoms with van der Waals surface area (Å²) in [6, 6.07) is 32.3. The summed E-state index contributed by atoms with van der Waals surface area (Å²) in [5.74, 6) is -3.78. The highest BCUT2D eigenvalue weighted by molar-refractivity contribution is 5.94. The molecule has 11 nitrogen and oxygen atoms in total. The molecule has 4 atom stereocenters. The fraction of sp³-hybridized carbons (Fsp3) is 0.237. The molecular formula is C38H42N4O7. The average molecular weight is 667 g/mol. The second-order valence-electron chi connectivity index (χ2n) is 11.4. The van der Waals surface area contributed by atoms with Crippen molar-refractivity contribution in [1.82, 2.24) is 16.0 Å². The van der Waals surface area contributed by atoms with Gasteiger partial charge in [-0.25, -0.2) is 4.79 Å². The predicted molar refractivity (Wildman–Crippen MR) is 185 cm³/mol. The lowest BCUT2D eigenvalue weighted by Crippen LogP contribution is -2.58. The van der Waals surface area contributed by atoms with Crippen molar-refractivity contribution >= 4 is 29.7 Å². The van der Waals surface area contributed by atoms with Crippen LogP contribution in [0.5, 0.6) is 0 Å². The van der Waals surface area contributed by atoms with Gasteiger partial charge in [-0.15, -0.1) is 0 Å². The van der Waals surface area contributed by atoms with Crippen molar-refractivity contribution in [1.29, 1.82) is 0 Å². The summed E-state index contributed by atoms with van der Waals surface area (Å²) >= 11 is 0. The zero-order valence-electron chi connectivity index (χ0n) is 27.2. The number of nitrogens with one attached hydrogen (secondary N) is 3. The molecule has 7 N–H and O–H groups in total. The SMILES string of the molecule is CC(=O)O.NC(Cc1ccccc1)C(=O)NC(Cc1ccccc1)C(=O)NC(Cc1ccccc1)C(=O)NC(Cc1ccccc1)C(=O)O. The molecule has 0 aliphatic heterocycles. The molecule has 4 rings (SSSR count). The third-order valence-corrected chi connectivity index (χ3v) is 7.36. The lowest BCUT2D eigenvalue weighted by atomic mass is 10.0. The molecule has 256 valence electrons. The zero-order valence-corrected chi connectivity index (χ0v) is 27.2. The number of hydrogen-bond acceptors (Lipinski definition) is 6. The van der Waals surface area contributed by atoms with Crippen molar-refractivity contribution in [2.24, 2.45) is 5.73 Å². The molecule has 0 saturated heterocycles. The van der Waals surface area contributed by atoms with E-state index in [1.165, 1.54) is 0 Å². The normalized spacial score (nSPS) is 12.9. The molecule has 11 heteroatoms. The van der Waals surface area contributed by atoms with Crippen molar-refractivity contribution in [3.63, 3.8) is 0 Å². The van der Waals surface area contributed by atoms with Crippen molar-refractivity contribution in [2.45, 2.75) is 56.8 Å². The molecule has 0 bridgehead atoms. The summed E-state index contributed by atoms with van der Waals surface area (Å²) in [5.41, 5.74) is 9.41. The van der Waals surface area contributed by atoms with Gasteiger partial charge in [-0.1, -0.05) is 121 Å². The first-order valence-corrected chi connectivity index (χ1v) is 15.8. The first-order valence-electron chi connectivity index (χ1n) is 15.8. The Morgan fingerprint density at radius 1 is 0.490 bits per heavy atom. The maximum Gasteiger partial charge on any atom is 0.326 e. The van der Waals surface area contributed by atoms with Gasteiger partial charge in [0.2, 0.25) is 17.7 Å². The topological polar surface area (TPSA) is 188 Å². The van der Waals surface area contributed by atoms with Crippen LogP contribution in [0, 0.1) is 0 Å². The number of amides is 3. The van der Waals surface area contributed by atoms with Gasteiger partial charge in [-0.2, -0.15) is 0 Å². The van der Waals surface area contributed by atoms with Crippen LogP contribution in [0.1, 0.15) is 29.2 Å². The fourth-order valence-electron chi connectivity index (χ4n) is 4.95. The second kappa shape index (κ2) is 19.8. The number of aliphatic carboxylic acids is 2. The van der Waals surface area contributed by atoms with Gasteiger partial charge < -0.3 is 31.9 Å². The summed E-state index contributed by atoms with van der Waals surface area (Å²) in [5, 5.41) is 25.5. The molecule has 4 aromatic carbocycles. The van der Waals surface area contributed by atoms with Crippen LogP contribution in [-0.2, 0) is 49.7 Å². The number of carbonyl (C=O) groups is 5. The maximum atomic E-state index is 13.8. The van der Waals surface area contributed by atoms with Crippen LogP contribution >= 0.6 is 0 Å². The Kier molecular flexibility index (Phi) is 15.2. The molecule has 4 aromatic rings. The van der Waals surface area contributed by atoms with E-state index in [0.29, 0.717) is 0 Å². The Bertz CT molecular complexity index is 1630. The second-order valence-corrected chi connectivity index (χ2v) is 11.4. The smallest absolute Gasteiger partial charge is 0.326 e. The lowest BCUT2D eigenvalue weighted by Gasteiger charge is -2.25. The molecule has 0 aromatic heterocycles. The van der Waals surface area contributed by atoms with E-state index in [0.717, 1.165) is 29.2 Å². The molecule has 4 unspecified atom stereocenters. The van der Waals surface area contributed by atoms with Crippen LogP contribution in [0.3, 0.4) is 0 Å². The number of benzene rings is 4. The van der Waals surface area contributed by atoms with Crippen LogP contribution in [0.25, 0.3) is 0 Å². The number of nitrogens with two attached hydrogens (primary N) is 1. The third kappa shape index (κ3) is 13.8. The Morgan fingerprint density at radius 3 is 1.08 bits per heavy atom. The van der Waals surface area contributed by atoms with Crippen LogP contribution < -0.4 is 21.7 Å². The van der Waals surface area contributed by atoms with Gasteiger partial charge in [-0.3, -0.25) is 19.2 Å². The Labute approximate surface area is 285 Å². The quantitative estimate of drug-likeness (QED) is 0.112. The van der Waals surface area contributed by atoms with E-state index >= 15 is 0 Å². The molecule has 0 spiro atoms. The third-order valence-electron chi connectivity index (χ3n) is 7.36. The van der Waals surface area contributed by atoms with Gasteiger partial charge in [0, 0.05) is 26.2 Å². The molecular weight excluding hydrogens is 624 g/mol. The van der Waals surface area contributed by atoms with Gasteiger partial charge in [0.1, 0.15) is 18.1 Å². The summed E-state index contributed by atoms with van der Waals surface area (Å²) in [6.45, 7) is 1.08. The summed E-state index contributed by atoms with van der Waals surface area (Å²) < 4.78 is 0. The van der Waals surface area contributed by atoms with Crippen molar-refractivity contribution in [3.8, 4) is 0 Å². The Morgan fingerprint density at radius 2 is 0.755 bits per heavy atom. The molecule has 0 aliphatic rings. The van der Waals surface area contributed by atoms with E-state index in [9.17, 15) is 24.3 Å². The van der Waals surface area contributed by atoms with E-state index in [-0.39, 0.29) is 25.7 Å². The average Bonchev–Trinajstić information content (AvgIpc) is 3.08. The number of carboxylic acid groups (broad SMARTS) is 2. The molecule has 0 aliphatic carbocycles. The van der Waals surface area contributed by atoms with Crippen molar-refractivity contribution in [3.05, 3.63) is 144 Å². The van der Waals surface area contributed by atoms with Gasteiger partial charge in [0.05, 0.1) is 6.04 Å². The minimum Gasteiger partial charge on any atom is -0.481 e. The number of carbonyl (C=O) groups excluding carboxylic acids is 3. The number of hydrogen-bond donors (Lipinski definition) is 6. The summed E-state index contributed by atoms with van der Waals surface area (Å²) in [7, 11) is 0. The Hall–Kier alpha value is -5.81. The first kappa shape index (κ1) is 37.6. The maximum absolute atomic E-state index is 13.8. The zero-order chi connectivity index (χ0) is 35.6. The molecule has 0 fully saturated rings. The highest BCUT2D eigenvalue weighted by Gasteiger charge is 2.31. The van der Waals surface area contributed by atoms with Gasteiger partial charge in [-0.05, 0) is 28.7 Å². The van der Waals surface area contributed by atoms with Gasteiger partial charge in [0.15, 0.2) is 0 Å². The van der Waals surface area contributed by atoms with Gasteiger partial charge in [0.25, 0.3) is 5.97 Å². The Balaban J connectivity index is 0.00000154. The largest absolute Gasteiger partial charge is 0.481 e. The van der Waals surface area contributed by atoms with Crippen LogP contribution in [-0.4, -0.2) is 64.0 Å². The van der Waals surface area contributed by atoms with E-state index < -0.39 is 53.8 Å². The highest BCUT2D eigenvalue weighted by Crippen LogP contribution is 2.10. The number of carboxylic acids is 2. The summed E-state index contributed by atoms with van der Waals surface area (Å²) in [6.07, 6.45) is 0.612. The van der Waals surface area contributed by atoms with E-state index in [1.54, 1.807) is 24.3 Å². The fourth-order valence-corrected chi connectivity index (χ4v) is 4.95. The van der Waals surface area contributed by atoms with Gasteiger partial charge >= 0.3 is 5.97 Å². The van der Waals surface area contributed by atoms with Crippen LogP contribution in [0.4, 0.5) is 0 Å². The minimum atomic E-state index is -1.22. The first-order chi connectivity index (χ1) is 23.5. The number of rotatable bonds is 15. The standard InChI is InChI=1S/C36H38N4O5.C2H4O2/c37-29(21-25-13-5-1-6-14-25)33(41)38-30(22-26-15-7-2-8-16-26)34(42)39-31(23-27-17-9-3-10-18-27)35(43)40-32(36(44)45)24-28-19-11-4-12-20-28;1-2(3)4/h1-20,29-32H,21-24,37H2,(H,38,41)(H,39,42)(H,40,43)(H,44,45);1H3,(H,3,4). The molecule has 0 radical (unpaired) electrons. The lowest BCUT2D eigenvalue weighted by molar-refractivity contribution is -0.142. The van der Waals surface area contributed by atoms with Crippen molar-refractivity contribution < 1.29 is 34.2 Å². The molecule has 49 heavy (non-hydrogen) atoms.